The molecule has 5 heteroatoms. The van der Waals surface area contributed by atoms with Crippen LogP contribution in [0.4, 0.5) is 0 Å². The number of carbonyl (C=O) groups is 2. The molecule has 2 fully saturated rings. The molecule has 0 aliphatic carbocycles. The van der Waals surface area contributed by atoms with Crippen LogP contribution in [0.5, 0.6) is 0 Å². The van der Waals surface area contributed by atoms with Crippen LogP contribution in [0.3, 0.4) is 0 Å². The fourth-order valence-electron chi connectivity index (χ4n) is 2.66. The van der Waals surface area contributed by atoms with E-state index in [4.69, 9.17) is 4.74 Å². The standard InChI is InChI=1S/C12H20N2O3/c1-7-6-10(4-5-17-7)14-9(3)11(15)13-8(2)12(14)16/h7-10H,4-6H2,1-3H3,(H,13,15). The lowest BCUT2D eigenvalue weighted by Crippen LogP contribution is -2.64. The van der Waals surface area contributed by atoms with Gasteiger partial charge >= 0.3 is 0 Å². The number of rotatable bonds is 1. The summed E-state index contributed by atoms with van der Waals surface area (Å²) < 4.78 is 5.48. The Hall–Kier alpha value is -1.10. The van der Waals surface area contributed by atoms with Crippen molar-refractivity contribution in [1.29, 1.82) is 0 Å². The number of nitrogens with zero attached hydrogens (tertiary/aromatic N) is 1. The molecule has 0 aromatic rings. The SMILES string of the molecule is CC1CC(N2C(=O)C(C)NC(=O)C2C)CCO1. The zero-order chi connectivity index (χ0) is 12.6. The molecule has 0 spiro atoms. The van der Waals surface area contributed by atoms with Crippen LogP contribution >= 0.6 is 0 Å². The molecular formula is C12H20N2O3. The molecule has 4 atom stereocenters. The molecule has 2 aliphatic rings. The first-order valence-corrected chi connectivity index (χ1v) is 6.25. The van der Waals surface area contributed by atoms with Gasteiger partial charge in [-0.25, -0.2) is 0 Å². The van der Waals surface area contributed by atoms with E-state index in [2.05, 4.69) is 5.32 Å². The van der Waals surface area contributed by atoms with E-state index in [1.807, 2.05) is 6.92 Å². The van der Waals surface area contributed by atoms with Crippen LogP contribution in [0.2, 0.25) is 0 Å². The average molecular weight is 240 g/mol. The van der Waals surface area contributed by atoms with Crippen molar-refractivity contribution >= 4 is 11.8 Å². The van der Waals surface area contributed by atoms with Crippen molar-refractivity contribution in [2.24, 2.45) is 0 Å². The fraction of sp³-hybridized carbons (Fsp3) is 0.833. The van der Waals surface area contributed by atoms with Crippen LogP contribution < -0.4 is 5.32 Å². The van der Waals surface area contributed by atoms with Crippen LogP contribution in [0.25, 0.3) is 0 Å². The van der Waals surface area contributed by atoms with E-state index in [9.17, 15) is 9.59 Å². The molecule has 0 aromatic heterocycles. The number of carbonyl (C=O) groups excluding carboxylic acids is 2. The summed E-state index contributed by atoms with van der Waals surface area (Å²) in [6, 6.07) is -0.638. The van der Waals surface area contributed by atoms with Gasteiger partial charge < -0.3 is 15.0 Å². The Morgan fingerprint density at radius 2 is 2.00 bits per heavy atom. The third-order valence-electron chi connectivity index (χ3n) is 3.63. The summed E-state index contributed by atoms with van der Waals surface area (Å²) in [6.07, 6.45) is 1.80. The molecule has 0 radical (unpaired) electrons. The summed E-state index contributed by atoms with van der Waals surface area (Å²) in [5.74, 6) is -0.0348. The van der Waals surface area contributed by atoms with Gasteiger partial charge in [0.25, 0.3) is 0 Å². The highest BCUT2D eigenvalue weighted by molar-refractivity contribution is 5.96. The zero-order valence-corrected chi connectivity index (χ0v) is 10.6. The minimum atomic E-state index is -0.406. The number of piperazine rings is 1. The summed E-state index contributed by atoms with van der Waals surface area (Å²) in [6.45, 7) is 6.20. The quantitative estimate of drug-likeness (QED) is 0.716. The second kappa shape index (κ2) is 4.64. The number of ether oxygens (including phenoxy) is 1. The van der Waals surface area contributed by atoms with Gasteiger partial charge in [0.15, 0.2) is 0 Å². The second-order valence-corrected chi connectivity index (χ2v) is 5.01. The number of hydrogen-bond donors (Lipinski definition) is 1. The predicted octanol–water partition coefficient (Wildman–Crippen LogP) is 0.289. The Labute approximate surface area is 101 Å². The second-order valence-electron chi connectivity index (χ2n) is 5.01. The van der Waals surface area contributed by atoms with Crippen LogP contribution in [0.15, 0.2) is 0 Å². The van der Waals surface area contributed by atoms with Crippen molar-refractivity contribution in [1.82, 2.24) is 10.2 Å². The third-order valence-corrected chi connectivity index (χ3v) is 3.63. The Balaban J connectivity index is 2.15. The molecule has 4 unspecified atom stereocenters. The average Bonchev–Trinajstić information content (AvgIpc) is 2.27. The first kappa shape index (κ1) is 12.4. The molecule has 2 rings (SSSR count). The summed E-state index contributed by atoms with van der Waals surface area (Å²) in [7, 11) is 0. The minimum absolute atomic E-state index is 0.0243. The first-order valence-electron chi connectivity index (χ1n) is 6.25. The zero-order valence-electron chi connectivity index (χ0n) is 10.6. The Kier molecular flexibility index (Phi) is 3.38. The van der Waals surface area contributed by atoms with E-state index in [0.29, 0.717) is 6.61 Å². The molecule has 0 bridgehead atoms. The van der Waals surface area contributed by atoms with Crippen LogP contribution in [-0.4, -0.2) is 47.6 Å². The summed E-state index contributed by atoms with van der Waals surface area (Å²) in [5.41, 5.74) is 0. The van der Waals surface area contributed by atoms with Gasteiger partial charge in [-0.3, -0.25) is 9.59 Å². The van der Waals surface area contributed by atoms with Crippen molar-refractivity contribution in [2.45, 2.75) is 57.8 Å². The van der Waals surface area contributed by atoms with Gasteiger partial charge in [0, 0.05) is 12.6 Å². The van der Waals surface area contributed by atoms with E-state index >= 15 is 0 Å². The van der Waals surface area contributed by atoms with Gasteiger partial charge in [0.05, 0.1) is 6.10 Å². The number of amides is 2. The van der Waals surface area contributed by atoms with Gasteiger partial charge in [-0.2, -0.15) is 0 Å². The highest BCUT2D eigenvalue weighted by Crippen LogP contribution is 2.23. The van der Waals surface area contributed by atoms with Gasteiger partial charge in [0.2, 0.25) is 11.8 Å². The highest BCUT2D eigenvalue weighted by atomic mass is 16.5. The predicted molar refractivity (Wildman–Crippen MR) is 62.3 cm³/mol. The lowest BCUT2D eigenvalue weighted by atomic mass is 9.98. The van der Waals surface area contributed by atoms with Gasteiger partial charge in [-0.1, -0.05) is 0 Å². The summed E-state index contributed by atoms with van der Waals surface area (Å²) in [4.78, 5) is 25.7. The monoisotopic (exact) mass is 240 g/mol. The van der Waals surface area contributed by atoms with E-state index in [1.165, 1.54) is 0 Å². The molecule has 0 aromatic carbocycles. The van der Waals surface area contributed by atoms with Crippen LogP contribution in [0.1, 0.15) is 33.6 Å². The van der Waals surface area contributed by atoms with Crippen LogP contribution in [-0.2, 0) is 14.3 Å². The molecule has 2 saturated heterocycles. The fourth-order valence-corrected chi connectivity index (χ4v) is 2.66. The van der Waals surface area contributed by atoms with E-state index in [0.717, 1.165) is 12.8 Å². The molecule has 2 amide bonds. The molecule has 2 aliphatic heterocycles. The maximum Gasteiger partial charge on any atom is 0.245 e. The normalized spacial score (nSPS) is 39.1. The molecule has 5 nitrogen and oxygen atoms in total. The molecule has 1 N–H and O–H groups in total. The van der Waals surface area contributed by atoms with Crippen molar-refractivity contribution in [3.05, 3.63) is 0 Å². The van der Waals surface area contributed by atoms with E-state index in [1.54, 1.807) is 18.7 Å². The van der Waals surface area contributed by atoms with Crippen molar-refractivity contribution in [3.8, 4) is 0 Å². The van der Waals surface area contributed by atoms with Gasteiger partial charge in [-0.05, 0) is 33.6 Å². The lowest BCUT2D eigenvalue weighted by molar-refractivity contribution is -0.154. The molecule has 17 heavy (non-hydrogen) atoms. The maximum absolute atomic E-state index is 12.2. The Bertz CT molecular complexity index is 332. The van der Waals surface area contributed by atoms with E-state index < -0.39 is 6.04 Å². The van der Waals surface area contributed by atoms with Crippen molar-refractivity contribution < 1.29 is 14.3 Å². The number of hydrogen-bond acceptors (Lipinski definition) is 3. The first-order chi connectivity index (χ1) is 8.00. The highest BCUT2D eigenvalue weighted by Gasteiger charge is 2.40. The minimum Gasteiger partial charge on any atom is -0.378 e. The van der Waals surface area contributed by atoms with E-state index in [-0.39, 0.29) is 30.0 Å². The van der Waals surface area contributed by atoms with Gasteiger partial charge in [-0.15, -0.1) is 0 Å². The molecule has 96 valence electrons. The van der Waals surface area contributed by atoms with Crippen molar-refractivity contribution in [3.63, 3.8) is 0 Å². The topological polar surface area (TPSA) is 58.6 Å². The Morgan fingerprint density at radius 1 is 1.29 bits per heavy atom. The lowest BCUT2D eigenvalue weighted by Gasteiger charge is -2.43. The summed E-state index contributed by atoms with van der Waals surface area (Å²) in [5, 5.41) is 2.70. The smallest absolute Gasteiger partial charge is 0.245 e. The van der Waals surface area contributed by atoms with Crippen molar-refractivity contribution in [2.75, 3.05) is 6.61 Å². The number of nitrogens with one attached hydrogen (secondary N) is 1. The molecule has 2 heterocycles. The molecule has 0 saturated carbocycles. The van der Waals surface area contributed by atoms with Gasteiger partial charge in [0.1, 0.15) is 12.1 Å². The largest absolute Gasteiger partial charge is 0.378 e. The van der Waals surface area contributed by atoms with Crippen LogP contribution in [0, 0.1) is 0 Å². The Morgan fingerprint density at radius 3 is 2.65 bits per heavy atom. The summed E-state index contributed by atoms with van der Waals surface area (Å²) >= 11 is 0. The third kappa shape index (κ3) is 2.29. The maximum atomic E-state index is 12.2. The molecular weight excluding hydrogens is 220 g/mol.